The fourth-order valence-electron chi connectivity index (χ4n) is 4.11. The minimum absolute atomic E-state index is 0.0857. The molecule has 2 atom stereocenters. The van der Waals surface area contributed by atoms with Gasteiger partial charge in [-0.15, -0.1) is 0 Å². The van der Waals surface area contributed by atoms with Crippen LogP contribution in [0.5, 0.6) is 0 Å². The monoisotopic (exact) mass is 387 g/mol. The summed E-state index contributed by atoms with van der Waals surface area (Å²) in [6.07, 6.45) is 4.41. The SMILES string of the molecule is O=C(c1ccc(F)c(F)c1)N1CCC([C@@H]2OCC[C@H]2Nc2ccccn2)CC1. The van der Waals surface area contributed by atoms with Crippen LogP contribution in [-0.4, -0.2) is 47.6 Å². The van der Waals surface area contributed by atoms with E-state index in [4.69, 9.17) is 4.74 Å². The minimum atomic E-state index is -0.997. The molecule has 2 saturated heterocycles. The van der Waals surface area contributed by atoms with Crippen molar-refractivity contribution >= 4 is 11.7 Å². The van der Waals surface area contributed by atoms with Crippen molar-refractivity contribution in [2.45, 2.75) is 31.4 Å². The Morgan fingerprint density at radius 1 is 1.11 bits per heavy atom. The lowest BCUT2D eigenvalue weighted by Gasteiger charge is -2.36. The van der Waals surface area contributed by atoms with Crippen LogP contribution in [0.15, 0.2) is 42.6 Å². The lowest BCUT2D eigenvalue weighted by molar-refractivity contribution is 0.0260. The second kappa shape index (κ2) is 8.22. The zero-order valence-electron chi connectivity index (χ0n) is 15.5. The number of hydrogen-bond acceptors (Lipinski definition) is 4. The van der Waals surface area contributed by atoms with E-state index in [0.29, 0.717) is 25.6 Å². The molecule has 0 radical (unpaired) electrons. The van der Waals surface area contributed by atoms with Gasteiger partial charge in [0, 0.05) is 31.5 Å². The number of carbonyl (C=O) groups is 1. The molecule has 1 amide bonds. The van der Waals surface area contributed by atoms with Gasteiger partial charge in [-0.1, -0.05) is 6.07 Å². The zero-order chi connectivity index (χ0) is 19.5. The molecular weight excluding hydrogens is 364 g/mol. The maximum absolute atomic E-state index is 13.4. The molecule has 7 heteroatoms. The van der Waals surface area contributed by atoms with E-state index >= 15 is 0 Å². The first-order chi connectivity index (χ1) is 13.6. The molecule has 28 heavy (non-hydrogen) atoms. The molecule has 0 unspecified atom stereocenters. The van der Waals surface area contributed by atoms with Crippen LogP contribution in [-0.2, 0) is 4.74 Å². The van der Waals surface area contributed by atoms with E-state index in [0.717, 1.165) is 37.2 Å². The Balaban J connectivity index is 1.35. The number of hydrogen-bond donors (Lipinski definition) is 1. The first-order valence-electron chi connectivity index (χ1n) is 9.65. The third-order valence-electron chi connectivity index (χ3n) is 5.59. The predicted molar refractivity (Wildman–Crippen MR) is 101 cm³/mol. The number of halogens is 2. The van der Waals surface area contributed by atoms with Gasteiger partial charge in [-0.25, -0.2) is 13.8 Å². The largest absolute Gasteiger partial charge is 0.376 e. The molecule has 2 aliphatic rings. The normalized spacial score (nSPS) is 23.0. The Kier molecular flexibility index (Phi) is 5.52. The number of carbonyl (C=O) groups excluding carboxylic acids is 1. The topological polar surface area (TPSA) is 54.5 Å². The molecule has 1 aromatic heterocycles. The van der Waals surface area contributed by atoms with Crippen LogP contribution in [0.1, 0.15) is 29.6 Å². The Labute approximate surface area is 162 Å². The van der Waals surface area contributed by atoms with Crippen molar-refractivity contribution in [3.63, 3.8) is 0 Å². The number of pyridine rings is 1. The van der Waals surface area contributed by atoms with Crippen molar-refractivity contribution in [2.24, 2.45) is 5.92 Å². The number of nitrogens with one attached hydrogen (secondary N) is 1. The molecular formula is C21H23F2N3O2. The molecule has 0 bridgehead atoms. The van der Waals surface area contributed by atoms with Crippen molar-refractivity contribution < 1.29 is 18.3 Å². The van der Waals surface area contributed by atoms with Crippen LogP contribution >= 0.6 is 0 Å². The van der Waals surface area contributed by atoms with Crippen LogP contribution in [0.4, 0.5) is 14.6 Å². The molecule has 2 aliphatic heterocycles. The fraction of sp³-hybridized carbons (Fsp3) is 0.429. The summed E-state index contributed by atoms with van der Waals surface area (Å²) in [4.78, 5) is 18.6. The maximum atomic E-state index is 13.4. The van der Waals surface area contributed by atoms with E-state index in [1.54, 1.807) is 11.1 Å². The highest BCUT2D eigenvalue weighted by atomic mass is 19.2. The Bertz CT molecular complexity index is 826. The van der Waals surface area contributed by atoms with Crippen LogP contribution < -0.4 is 5.32 Å². The van der Waals surface area contributed by atoms with Gasteiger partial charge < -0.3 is 15.0 Å². The zero-order valence-corrected chi connectivity index (χ0v) is 15.5. The van der Waals surface area contributed by atoms with Crippen molar-refractivity contribution in [3.8, 4) is 0 Å². The summed E-state index contributed by atoms with van der Waals surface area (Å²) in [6, 6.07) is 9.27. The summed E-state index contributed by atoms with van der Waals surface area (Å²) in [6.45, 7) is 1.88. The first kappa shape index (κ1) is 18.8. The average molecular weight is 387 g/mol. The van der Waals surface area contributed by atoms with Gasteiger partial charge in [0.1, 0.15) is 5.82 Å². The molecule has 0 saturated carbocycles. The Hall–Kier alpha value is -2.54. The van der Waals surface area contributed by atoms with Gasteiger partial charge in [-0.3, -0.25) is 4.79 Å². The Morgan fingerprint density at radius 2 is 1.93 bits per heavy atom. The van der Waals surface area contributed by atoms with E-state index in [2.05, 4.69) is 10.3 Å². The summed E-state index contributed by atoms with van der Waals surface area (Å²) >= 11 is 0. The number of piperidine rings is 1. The minimum Gasteiger partial charge on any atom is -0.376 e. The van der Waals surface area contributed by atoms with Crippen LogP contribution in [0.25, 0.3) is 0 Å². The van der Waals surface area contributed by atoms with Gasteiger partial charge in [0.15, 0.2) is 11.6 Å². The number of nitrogens with zero attached hydrogens (tertiary/aromatic N) is 2. The summed E-state index contributed by atoms with van der Waals surface area (Å²) in [5.41, 5.74) is 0.184. The highest BCUT2D eigenvalue weighted by molar-refractivity contribution is 5.94. The standard InChI is InChI=1S/C21H23F2N3O2/c22-16-5-4-15(13-17(16)23)21(27)26-10-6-14(7-11-26)20-18(8-12-28-20)25-19-3-1-2-9-24-19/h1-5,9,13-14,18,20H,6-8,10-12H2,(H,24,25)/t18-,20+/m1/s1. The number of benzene rings is 1. The molecule has 2 fully saturated rings. The second-order valence-electron chi connectivity index (χ2n) is 7.35. The van der Waals surface area contributed by atoms with Crippen molar-refractivity contribution in [1.29, 1.82) is 0 Å². The van der Waals surface area contributed by atoms with Crippen LogP contribution in [0.2, 0.25) is 0 Å². The Morgan fingerprint density at radius 3 is 2.64 bits per heavy atom. The van der Waals surface area contributed by atoms with E-state index in [1.807, 2.05) is 18.2 Å². The van der Waals surface area contributed by atoms with Crippen LogP contribution in [0, 0.1) is 17.6 Å². The number of aromatic nitrogens is 1. The summed E-state index contributed by atoms with van der Waals surface area (Å²) < 4.78 is 32.5. The van der Waals surface area contributed by atoms with Gasteiger partial charge in [0.2, 0.25) is 0 Å². The highest BCUT2D eigenvalue weighted by Gasteiger charge is 2.37. The summed E-state index contributed by atoms with van der Waals surface area (Å²) in [7, 11) is 0. The molecule has 148 valence electrons. The third-order valence-corrected chi connectivity index (χ3v) is 5.59. The molecule has 4 rings (SSSR count). The fourth-order valence-corrected chi connectivity index (χ4v) is 4.11. The lowest BCUT2D eigenvalue weighted by Crippen LogP contribution is -2.44. The van der Waals surface area contributed by atoms with Gasteiger partial charge in [-0.05, 0) is 55.5 Å². The average Bonchev–Trinajstić information content (AvgIpc) is 3.18. The van der Waals surface area contributed by atoms with Crippen molar-refractivity contribution in [1.82, 2.24) is 9.88 Å². The van der Waals surface area contributed by atoms with Gasteiger partial charge in [0.25, 0.3) is 5.91 Å². The van der Waals surface area contributed by atoms with Crippen molar-refractivity contribution in [2.75, 3.05) is 25.0 Å². The molecule has 2 aromatic rings. The molecule has 1 aromatic carbocycles. The summed E-state index contributed by atoms with van der Waals surface area (Å²) in [5, 5.41) is 3.47. The molecule has 0 spiro atoms. The van der Waals surface area contributed by atoms with Gasteiger partial charge >= 0.3 is 0 Å². The van der Waals surface area contributed by atoms with E-state index in [-0.39, 0.29) is 23.6 Å². The number of anilines is 1. The molecule has 0 aliphatic carbocycles. The van der Waals surface area contributed by atoms with Gasteiger partial charge in [-0.2, -0.15) is 0 Å². The number of likely N-dealkylation sites (tertiary alicyclic amines) is 1. The van der Waals surface area contributed by atoms with E-state index in [1.165, 1.54) is 6.07 Å². The quantitative estimate of drug-likeness (QED) is 0.873. The second-order valence-corrected chi connectivity index (χ2v) is 7.35. The maximum Gasteiger partial charge on any atom is 0.253 e. The molecule has 5 nitrogen and oxygen atoms in total. The highest BCUT2D eigenvalue weighted by Crippen LogP contribution is 2.31. The number of amides is 1. The summed E-state index contributed by atoms with van der Waals surface area (Å²) in [5.74, 6) is -1.01. The number of ether oxygens (including phenoxy) is 1. The van der Waals surface area contributed by atoms with E-state index in [9.17, 15) is 13.6 Å². The lowest BCUT2D eigenvalue weighted by atomic mass is 9.87. The smallest absolute Gasteiger partial charge is 0.253 e. The number of rotatable bonds is 4. The third kappa shape index (κ3) is 3.99. The predicted octanol–water partition coefficient (Wildman–Crippen LogP) is 3.48. The molecule has 3 heterocycles. The van der Waals surface area contributed by atoms with Gasteiger partial charge in [0.05, 0.1) is 12.1 Å². The van der Waals surface area contributed by atoms with Crippen molar-refractivity contribution in [3.05, 3.63) is 59.8 Å². The van der Waals surface area contributed by atoms with Crippen LogP contribution in [0.3, 0.4) is 0 Å². The van der Waals surface area contributed by atoms with E-state index < -0.39 is 11.6 Å². The first-order valence-corrected chi connectivity index (χ1v) is 9.65. The molecule has 1 N–H and O–H groups in total.